The number of nitrogens with two attached hydrogens (primary N) is 4. The van der Waals surface area contributed by atoms with Gasteiger partial charge in [0, 0.05) is 22.6 Å². The third kappa shape index (κ3) is 4.62. The second-order valence-corrected chi connectivity index (χ2v) is 8.17. The van der Waals surface area contributed by atoms with Gasteiger partial charge in [-0.3, -0.25) is 5.14 Å². The summed E-state index contributed by atoms with van der Waals surface area (Å²) in [7, 11) is 0. The van der Waals surface area contributed by atoms with Gasteiger partial charge in [-0.2, -0.15) is 0 Å². The molecule has 2 aromatic carbocycles. The number of rotatable bonds is 9. The van der Waals surface area contributed by atoms with Crippen molar-refractivity contribution in [3.8, 4) is 11.1 Å². The lowest BCUT2D eigenvalue weighted by molar-refractivity contribution is 0.283. The number of hydrazine groups is 1. The van der Waals surface area contributed by atoms with Crippen LogP contribution in [0.2, 0.25) is 0 Å². The maximum absolute atomic E-state index is 9.00. The van der Waals surface area contributed by atoms with E-state index in [4.69, 9.17) is 27.6 Å². The highest BCUT2D eigenvalue weighted by molar-refractivity contribution is 7.97. The number of aryl methyl sites for hydroxylation is 1. The number of aromatic nitrogens is 1. The van der Waals surface area contributed by atoms with Crippen LogP contribution in [0.4, 0.5) is 5.13 Å². The van der Waals surface area contributed by atoms with E-state index in [0.717, 1.165) is 69.4 Å². The largest absolute Gasteiger partial charge is 0.396 e. The monoisotopic (exact) mass is 431 g/mol. The van der Waals surface area contributed by atoms with Crippen molar-refractivity contribution in [2.45, 2.75) is 30.6 Å². The van der Waals surface area contributed by atoms with Gasteiger partial charge in [-0.15, -0.1) is 5.10 Å². The zero-order chi connectivity index (χ0) is 20.8. The van der Waals surface area contributed by atoms with Crippen LogP contribution < -0.4 is 28.0 Å². The quantitative estimate of drug-likeness (QED) is 0.0751. The first-order valence-electron chi connectivity index (χ1n) is 9.18. The maximum Gasteiger partial charge on any atom is 0.181 e. The molecule has 3 rings (SSSR count). The molecule has 0 saturated heterocycles. The van der Waals surface area contributed by atoms with Gasteiger partial charge in [0.15, 0.2) is 11.0 Å². The molecule has 29 heavy (non-hydrogen) atoms. The highest BCUT2D eigenvalue weighted by atomic mass is 32.2. The number of nitrogens with one attached hydrogen (secondary N) is 1. The van der Waals surface area contributed by atoms with E-state index in [1.165, 1.54) is 11.3 Å². The molecule has 1 heterocycles. The molecule has 8 nitrogen and oxygen atoms in total. The Kier molecular flexibility index (Phi) is 7.29. The van der Waals surface area contributed by atoms with Crippen LogP contribution in [-0.4, -0.2) is 22.5 Å². The molecule has 10 heteroatoms. The molecule has 0 fully saturated rings. The van der Waals surface area contributed by atoms with Crippen molar-refractivity contribution in [1.29, 1.82) is 0 Å². The Labute approximate surface area is 177 Å². The average molecular weight is 432 g/mol. The van der Waals surface area contributed by atoms with Crippen molar-refractivity contribution in [3.63, 3.8) is 0 Å². The number of nitrogens with zero attached hydrogens (tertiary/aromatic N) is 2. The lowest BCUT2D eigenvalue weighted by Gasteiger charge is -2.17. The van der Waals surface area contributed by atoms with Gasteiger partial charge >= 0.3 is 0 Å². The van der Waals surface area contributed by atoms with Crippen molar-refractivity contribution in [2.24, 2.45) is 21.8 Å². The summed E-state index contributed by atoms with van der Waals surface area (Å²) >= 11 is 2.57. The molecule has 0 saturated carbocycles. The second-order valence-electron chi connectivity index (χ2n) is 6.46. The molecule has 0 amide bonds. The number of aliphatic hydroxyl groups is 1. The van der Waals surface area contributed by atoms with Crippen LogP contribution in [0.3, 0.4) is 0 Å². The summed E-state index contributed by atoms with van der Waals surface area (Å²) in [6, 6.07) is 10.0. The highest BCUT2D eigenvalue weighted by Gasteiger charge is 2.20. The first-order valence-corrected chi connectivity index (χ1v) is 10.9. The molecule has 0 aliphatic carbocycles. The van der Waals surface area contributed by atoms with E-state index in [-0.39, 0.29) is 12.4 Å². The number of anilines is 1. The van der Waals surface area contributed by atoms with Gasteiger partial charge in [-0.05, 0) is 48.4 Å². The van der Waals surface area contributed by atoms with Crippen molar-refractivity contribution in [3.05, 3.63) is 41.5 Å². The van der Waals surface area contributed by atoms with Crippen LogP contribution in [0.15, 0.2) is 40.3 Å². The van der Waals surface area contributed by atoms with E-state index >= 15 is 0 Å². The number of benzene rings is 2. The number of fused-ring (bicyclic) bond motifs is 1. The Hall–Kier alpha value is -2.37. The Morgan fingerprint density at radius 2 is 2.00 bits per heavy atom. The summed E-state index contributed by atoms with van der Waals surface area (Å²) in [5, 5.41) is 19.6. The van der Waals surface area contributed by atoms with Gasteiger partial charge < -0.3 is 16.6 Å². The minimum Gasteiger partial charge on any atom is -0.396 e. The zero-order valence-corrected chi connectivity index (χ0v) is 17.5. The molecule has 0 aliphatic rings. The van der Waals surface area contributed by atoms with Crippen LogP contribution in [0.5, 0.6) is 0 Å². The average Bonchev–Trinajstić information content (AvgIpc) is 3.11. The summed E-state index contributed by atoms with van der Waals surface area (Å²) in [6.45, 7) is 0.200. The number of nitrogen functional groups attached to an aromatic ring is 1. The van der Waals surface area contributed by atoms with Crippen molar-refractivity contribution in [2.75, 3.05) is 12.3 Å². The molecule has 1 aromatic heterocycles. The molecular weight excluding hydrogens is 406 g/mol. The molecule has 0 spiro atoms. The third-order valence-electron chi connectivity index (χ3n) is 4.63. The fraction of sp³-hybridized carbons (Fsp3) is 0.263. The molecule has 0 radical (unpaired) electrons. The topological polar surface area (TPSA) is 162 Å². The van der Waals surface area contributed by atoms with Gasteiger partial charge in [-0.25, -0.2) is 16.4 Å². The fourth-order valence-electron chi connectivity index (χ4n) is 3.35. The number of unbranched alkanes of at least 4 members (excludes halogenated alkanes) is 2. The van der Waals surface area contributed by atoms with Crippen LogP contribution in [-0.2, 0) is 6.42 Å². The number of thiazole rings is 1. The normalized spacial score (nSPS) is 11.9. The molecule has 0 atom stereocenters. The summed E-state index contributed by atoms with van der Waals surface area (Å²) in [5.74, 6) is 5.63. The number of aliphatic hydroxyl groups excluding tert-OH is 1. The number of hydrogen-bond acceptors (Lipinski definition) is 9. The van der Waals surface area contributed by atoms with Crippen LogP contribution in [0.25, 0.3) is 21.3 Å². The number of hydrazone groups is 1. The molecule has 0 unspecified atom stereocenters. The van der Waals surface area contributed by atoms with Gasteiger partial charge in [0.25, 0.3) is 0 Å². The summed E-state index contributed by atoms with van der Waals surface area (Å²) in [5.41, 5.74) is 18.9. The second kappa shape index (κ2) is 9.90. The number of amidine groups is 1. The molecule has 10 N–H and O–H groups in total. The Morgan fingerprint density at radius 3 is 2.72 bits per heavy atom. The standard InChI is InChI=1S/C19H25N7OS2/c20-18(25-26-22)15-12(13-6-4-7-14-16(13)24-19(21)28-14)9-8-11(17(15)29-23)5-2-1-3-10-27/h4,6-9,26-27H,1-3,5,10,22-23H2,(H2,20,25)(H2,21,24). The Bertz CT molecular complexity index is 1020. The van der Waals surface area contributed by atoms with Crippen molar-refractivity contribution >= 4 is 44.5 Å². The predicted octanol–water partition coefficient (Wildman–Crippen LogP) is 2.30. The summed E-state index contributed by atoms with van der Waals surface area (Å²) in [4.78, 5) is 5.35. The number of hydrogen-bond donors (Lipinski definition) is 6. The first kappa shape index (κ1) is 21.3. The molecule has 0 bridgehead atoms. The summed E-state index contributed by atoms with van der Waals surface area (Å²) in [6.07, 6.45) is 3.48. The number of para-hydroxylation sites is 1. The smallest absolute Gasteiger partial charge is 0.181 e. The van der Waals surface area contributed by atoms with Gasteiger partial charge in [0.05, 0.1) is 10.2 Å². The van der Waals surface area contributed by atoms with E-state index in [9.17, 15) is 0 Å². The van der Waals surface area contributed by atoms with Crippen molar-refractivity contribution < 1.29 is 5.11 Å². The highest BCUT2D eigenvalue weighted by Crippen LogP contribution is 2.38. The lowest BCUT2D eigenvalue weighted by Crippen LogP contribution is -2.24. The minimum absolute atomic E-state index is 0.200. The Morgan fingerprint density at radius 1 is 1.17 bits per heavy atom. The zero-order valence-electron chi connectivity index (χ0n) is 15.9. The molecular formula is C19H25N7OS2. The maximum atomic E-state index is 9.00. The van der Waals surface area contributed by atoms with E-state index in [0.29, 0.717) is 10.7 Å². The van der Waals surface area contributed by atoms with Crippen LogP contribution in [0, 0.1) is 0 Å². The van der Waals surface area contributed by atoms with Gasteiger partial charge in [-0.1, -0.05) is 42.0 Å². The van der Waals surface area contributed by atoms with E-state index in [1.54, 1.807) is 0 Å². The van der Waals surface area contributed by atoms with E-state index < -0.39 is 0 Å². The predicted molar refractivity (Wildman–Crippen MR) is 122 cm³/mol. The fourth-order valence-corrected chi connectivity index (χ4v) is 4.76. The van der Waals surface area contributed by atoms with Crippen LogP contribution in [0.1, 0.15) is 30.4 Å². The minimum atomic E-state index is 0.200. The van der Waals surface area contributed by atoms with Crippen LogP contribution >= 0.6 is 23.3 Å². The lowest BCUT2D eigenvalue weighted by atomic mass is 9.94. The summed E-state index contributed by atoms with van der Waals surface area (Å²) < 4.78 is 0.994. The third-order valence-corrected chi connectivity index (χ3v) is 6.18. The molecule has 3 aromatic rings. The van der Waals surface area contributed by atoms with Gasteiger partial charge in [0.1, 0.15) is 0 Å². The van der Waals surface area contributed by atoms with Crippen molar-refractivity contribution in [1.82, 2.24) is 10.5 Å². The Balaban J connectivity index is 2.17. The molecule has 154 valence electrons. The SMILES string of the molecule is NN/N=C(\N)c1c(-c2cccc3sc(N)nc23)ccc(CCCCCO)c1SN. The van der Waals surface area contributed by atoms with E-state index in [1.807, 2.05) is 24.3 Å². The van der Waals surface area contributed by atoms with Gasteiger partial charge in [0.2, 0.25) is 0 Å². The van der Waals surface area contributed by atoms with E-state index in [2.05, 4.69) is 21.7 Å². The first-order chi connectivity index (χ1) is 14.1. The molecule has 0 aliphatic heterocycles.